The second kappa shape index (κ2) is 9.83. The maximum atomic E-state index is 9.88. The van der Waals surface area contributed by atoms with E-state index in [2.05, 4.69) is 49.8 Å². The molecule has 0 bridgehead atoms. The number of rotatable bonds is 10. The van der Waals surface area contributed by atoms with Gasteiger partial charge in [-0.3, -0.25) is 4.90 Å². The van der Waals surface area contributed by atoms with Crippen LogP contribution in [-0.2, 0) is 0 Å². The summed E-state index contributed by atoms with van der Waals surface area (Å²) in [6.07, 6.45) is 1.78. The molecule has 0 amide bonds. The van der Waals surface area contributed by atoms with Crippen molar-refractivity contribution in [2.45, 2.75) is 25.9 Å². The topological polar surface area (TPSA) is 30.0 Å². The predicted octanol–water partition coefficient (Wildman–Crippen LogP) is 0.573. The number of likely N-dealkylation sites (N-methyl/N-ethyl adjacent to an activating group) is 2. The average Bonchev–Trinajstić information content (AvgIpc) is 2.22. The Balaban J connectivity index is 4.00. The van der Waals surface area contributed by atoms with Crippen LogP contribution in [0.25, 0.3) is 0 Å². The summed E-state index contributed by atoms with van der Waals surface area (Å²) >= 11 is 0. The van der Waals surface area contributed by atoms with Gasteiger partial charge < -0.3 is 14.9 Å². The molecule has 104 valence electrons. The van der Waals surface area contributed by atoms with Gasteiger partial charge in [-0.1, -0.05) is 13.3 Å². The van der Waals surface area contributed by atoms with Crippen molar-refractivity contribution < 1.29 is 5.11 Å². The maximum Gasteiger partial charge on any atom is 0.0667 e. The molecule has 1 unspecified atom stereocenters. The molecule has 0 saturated heterocycles. The van der Waals surface area contributed by atoms with Crippen LogP contribution in [0, 0.1) is 0 Å². The summed E-state index contributed by atoms with van der Waals surface area (Å²) in [5.74, 6) is 0. The Hall–Kier alpha value is -0.160. The molecule has 1 N–H and O–H groups in total. The third-order valence-corrected chi connectivity index (χ3v) is 2.82. The first kappa shape index (κ1) is 16.8. The Kier molecular flexibility index (Phi) is 9.74. The second-order valence-electron chi connectivity index (χ2n) is 5.35. The normalized spacial score (nSPS) is 13.9. The highest BCUT2D eigenvalue weighted by molar-refractivity contribution is 4.66. The first-order valence-corrected chi connectivity index (χ1v) is 6.65. The summed E-state index contributed by atoms with van der Waals surface area (Å²) in [5, 5.41) is 9.88. The van der Waals surface area contributed by atoms with Crippen molar-refractivity contribution in [3.05, 3.63) is 0 Å². The van der Waals surface area contributed by atoms with Crippen molar-refractivity contribution in [2.75, 3.05) is 60.9 Å². The van der Waals surface area contributed by atoms with Crippen LogP contribution in [-0.4, -0.2) is 86.8 Å². The lowest BCUT2D eigenvalue weighted by molar-refractivity contribution is 0.0965. The molecule has 0 aliphatic rings. The minimum atomic E-state index is -0.177. The molecule has 0 heterocycles. The molecule has 0 aliphatic heterocycles. The lowest BCUT2D eigenvalue weighted by Crippen LogP contribution is -2.40. The lowest BCUT2D eigenvalue weighted by Gasteiger charge is -2.27. The van der Waals surface area contributed by atoms with E-state index < -0.39 is 0 Å². The minimum Gasteiger partial charge on any atom is -0.392 e. The number of hydrogen-bond acceptors (Lipinski definition) is 4. The third-order valence-electron chi connectivity index (χ3n) is 2.82. The Labute approximate surface area is 107 Å². The fourth-order valence-corrected chi connectivity index (χ4v) is 1.70. The molecule has 17 heavy (non-hydrogen) atoms. The molecule has 0 aliphatic carbocycles. The van der Waals surface area contributed by atoms with Crippen LogP contribution in [0.5, 0.6) is 0 Å². The van der Waals surface area contributed by atoms with E-state index in [9.17, 15) is 5.11 Å². The van der Waals surface area contributed by atoms with Crippen LogP contribution in [0.4, 0.5) is 0 Å². The molecule has 4 nitrogen and oxygen atoms in total. The summed E-state index contributed by atoms with van der Waals surface area (Å²) in [4.78, 5) is 6.74. The summed E-state index contributed by atoms with van der Waals surface area (Å²) in [6.45, 7) is 7.07. The molecule has 0 saturated carbocycles. The fraction of sp³-hybridized carbons (Fsp3) is 1.00. The monoisotopic (exact) mass is 245 g/mol. The Morgan fingerprint density at radius 2 is 1.35 bits per heavy atom. The van der Waals surface area contributed by atoms with E-state index in [1.54, 1.807) is 0 Å². The zero-order chi connectivity index (χ0) is 13.3. The molecule has 0 fully saturated rings. The van der Waals surface area contributed by atoms with Gasteiger partial charge in [-0.15, -0.1) is 0 Å². The average molecular weight is 245 g/mol. The highest BCUT2D eigenvalue weighted by Crippen LogP contribution is 2.00. The van der Waals surface area contributed by atoms with Gasteiger partial charge in [-0.05, 0) is 34.6 Å². The van der Waals surface area contributed by atoms with Gasteiger partial charge in [-0.25, -0.2) is 0 Å². The lowest BCUT2D eigenvalue weighted by atomic mass is 10.2. The fourth-order valence-electron chi connectivity index (χ4n) is 1.70. The summed E-state index contributed by atoms with van der Waals surface area (Å²) < 4.78 is 0. The molecule has 0 aromatic rings. The standard InChI is InChI=1S/C13H31N3O/c1-6-7-13(17)12-16(10-8-14(2)3)11-9-15(4)5/h13,17H,6-12H2,1-5H3. The Morgan fingerprint density at radius 3 is 1.71 bits per heavy atom. The highest BCUT2D eigenvalue weighted by Gasteiger charge is 2.11. The summed E-state index contributed by atoms with van der Waals surface area (Å²) in [5.41, 5.74) is 0. The van der Waals surface area contributed by atoms with Gasteiger partial charge in [-0.2, -0.15) is 0 Å². The first-order valence-electron chi connectivity index (χ1n) is 6.65. The largest absolute Gasteiger partial charge is 0.392 e. The van der Waals surface area contributed by atoms with Gasteiger partial charge in [0.2, 0.25) is 0 Å². The number of nitrogens with zero attached hydrogens (tertiary/aromatic N) is 3. The molecule has 1 atom stereocenters. The first-order chi connectivity index (χ1) is 7.95. The van der Waals surface area contributed by atoms with Crippen molar-refractivity contribution >= 4 is 0 Å². The smallest absolute Gasteiger partial charge is 0.0667 e. The van der Waals surface area contributed by atoms with Crippen molar-refractivity contribution in [2.24, 2.45) is 0 Å². The molecule has 0 aromatic heterocycles. The molecule has 0 rings (SSSR count). The van der Waals surface area contributed by atoms with Crippen molar-refractivity contribution in [3.8, 4) is 0 Å². The molecular formula is C13H31N3O. The quantitative estimate of drug-likeness (QED) is 0.609. The SMILES string of the molecule is CCCC(O)CN(CCN(C)C)CCN(C)C. The van der Waals surface area contributed by atoms with Crippen LogP contribution >= 0.6 is 0 Å². The van der Waals surface area contributed by atoms with Crippen molar-refractivity contribution in [3.63, 3.8) is 0 Å². The molecule has 0 aromatic carbocycles. The van der Waals surface area contributed by atoms with Gasteiger partial charge >= 0.3 is 0 Å². The molecule has 4 heteroatoms. The van der Waals surface area contributed by atoms with E-state index in [4.69, 9.17) is 0 Å². The van der Waals surface area contributed by atoms with Crippen molar-refractivity contribution in [1.29, 1.82) is 0 Å². The van der Waals surface area contributed by atoms with E-state index >= 15 is 0 Å². The van der Waals surface area contributed by atoms with Gasteiger partial charge in [0, 0.05) is 32.7 Å². The second-order valence-corrected chi connectivity index (χ2v) is 5.35. The number of aliphatic hydroxyl groups excluding tert-OH is 1. The maximum absolute atomic E-state index is 9.88. The summed E-state index contributed by atoms with van der Waals surface area (Å²) in [6, 6.07) is 0. The third kappa shape index (κ3) is 10.7. The van der Waals surface area contributed by atoms with Crippen LogP contribution in [0.2, 0.25) is 0 Å². The van der Waals surface area contributed by atoms with Crippen LogP contribution in [0.1, 0.15) is 19.8 Å². The molecular weight excluding hydrogens is 214 g/mol. The zero-order valence-electron chi connectivity index (χ0n) is 12.3. The molecule has 0 radical (unpaired) electrons. The minimum absolute atomic E-state index is 0.177. The highest BCUT2D eigenvalue weighted by atomic mass is 16.3. The van der Waals surface area contributed by atoms with Crippen LogP contribution in [0.15, 0.2) is 0 Å². The molecule has 0 spiro atoms. The van der Waals surface area contributed by atoms with Gasteiger partial charge in [0.05, 0.1) is 6.10 Å². The van der Waals surface area contributed by atoms with Gasteiger partial charge in [0.1, 0.15) is 0 Å². The summed E-state index contributed by atoms with van der Waals surface area (Å²) in [7, 11) is 8.36. The Bertz CT molecular complexity index is 162. The van der Waals surface area contributed by atoms with E-state index in [0.717, 1.165) is 45.6 Å². The predicted molar refractivity (Wildman–Crippen MR) is 74.5 cm³/mol. The van der Waals surface area contributed by atoms with E-state index in [1.807, 2.05) is 0 Å². The van der Waals surface area contributed by atoms with E-state index in [0.29, 0.717) is 0 Å². The number of aliphatic hydroxyl groups is 1. The van der Waals surface area contributed by atoms with Crippen LogP contribution < -0.4 is 0 Å². The number of hydrogen-bond donors (Lipinski definition) is 1. The van der Waals surface area contributed by atoms with E-state index in [1.165, 1.54) is 0 Å². The Morgan fingerprint density at radius 1 is 0.882 bits per heavy atom. The van der Waals surface area contributed by atoms with Crippen molar-refractivity contribution in [1.82, 2.24) is 14.7 Å². The zero-order valence-corrected chi connectivity index (χ0v) is 12.3. The van der Waals surface area contributed by atoms with Gasteiger partial charge in [0.25, 0.3) is 0 Å². The van der Waals surface area contributed by atoms with E-state index in [-0.39, 0.29) is 6.10 Å². The van der Waals surface area contributed by atoms with Gasteiger partial charge in [0.15, 0.2) is 0 Å². The van der Waals surface area contributed by atoms with Crippen LogP contribution in [0.3, 0.4) is 0 Å².